The summed E-state index contributed by atoms with van der Waals surface area (Å²) in [5.41, 5.74) is 0. The molecule has 19 heavy (non-hydrogen) atoms. The number of imidazole rings is 1. The first kappa shape index (κ1) is 14.0. The Morgan fingerprint density at radius 3 is 3.16 bits per heavy atom. The number of esters is 1. The Labute approximate surface area is 113 Å². The molecule has 1 aromatic rings. The number of fused-ring (bicyclic) bond motifs is 1. The van der Waals surface area contributed by atoms with Gasteiger partial charge in [0.1, 0.15) is 11.9 Å². The van der Waals surface area contributed by atoms with E-state index in [0.717, 1.165) is 38.4 Å². The number of nitrogens with zero attached hydrogens (tertiary/aromatic N) is 3. The predicted octanol–water partition coefficient (Wildman–Crippen LogP) is 0.240. The summed E-state index contributed by atoms with van der Waals surface area (Å²) in [7, 11) is 1.80. The van der Waals surface area contributed by atoms with Crippen LogP contribution in [0.25, 0.3) is 0 Å². The van der Waals surface area contributed by atoms with E-state index in [9.17, 15) is 4.79 Å². The number of aromatic nitrogens is 2. The number of ether oxygens (including phenoxy) is 1. The molecule has 0 spiro atoms. The summed E-state index contributed by atoms with van der Waals surface area (Å²) in [6.45, 7) is 5.96. The molecule has 1 unspecified atom stereocenters. The van der Waals surface area contributed by atoms with Crippen molar-refractivity contribution in [2.24, 2.45) is 0 Å². The van der Waals surface area contributed by atoms with E-state index in [1.165, 1.54) is 0 Å². The predicted molar refractivity (Wildman–Crippen MR) is 71.6 cm³/mol. The lowest BCUT2D eigenvalue weighted by Gasteiger charge is -2.28. The molecule has 2 rings (SSSR count). The quantitative estimate of drug-likeness (QED) is 0.747. The summed E-state index contributed by atoms with van der Waals surface area (Å²) in [5.74, 6) is 0.937. The summed E-state index contributed by atoms with van der Waals surface area (Å²) < 4.78 is 7.22. The van der Waals surface area contributed by atoms with E-state index in [0.29, 0.717) is 6.61 Å². The van der Waals surface area contributed by atoms with Crippen LogP contribution >= 0.6 is 0 Å². The van der Waals surface area contributed by atoms with Crippen molar-refractivity contribution in [2.45, 2.75) is 32.5 Å². The lowest BCUT2D eigenvalue weighted by atomic mass is 10.2. The Bertz CT molecular complexity index is 419. The van der Waals surface area contributed by atoms with Crippen LogP contribution < -0.4 is 5.32 Å². The summed E-state index contributed by atoms with van der Waals surface area (Å²) in [6.07, 6.45) is 4.62. The number of hydrogen-bond acceptors (Lipinski definition) is 5. The fourth-order valence-corrected chi connectivity index (χ4v) is 2.35. The van der Waals surface area contributed by atoms with E-state index in [1.807, 2.05) is 19.3 Å². The zero-order valence-corrected chi connectivity index (χ0v) is 11.6. The number of rotatable bonds is 6. The van der Waals surface area contributed by atoms with E-state index in [2.05, 4.69) is 19.8 Å². The SMILES string of the molecule is CCOC(=O)C(CCN1CCn2ccnc2C1)NC. The number of likely N-dealkylation sites (N-methyl/N-ethyl adjacent to an activating group) is 1. The Morgan fingerprint density at radius 1 is 1.58 bits per heavy atom. The maximum atomic E-state index is 11.7. The maximum absolute atomic E-state index is 11.7. The Morgan fingerprint density at radius 2 is 2.42 bits per heavy atom. The minimum absolute atomic E-state index is 0.163. The second-order valence-corrected chi connectivity index (χ2v) is 4.69. The maximum Gasteiger partial charge on any atom is 0.323 e. The molecule has 0 saturated heterocycles. The fraction of sp³-hybridized carbons (Fsp3) is 0.692. The third-order valence-electron chi connectivity index (χ3n) is 3.48. The van der Waals surface area contributed by atoms with Gasteiger partial charge in [0.25, 0.3) is 0 Å². The minimum Gasteiger partial charge on any atom is -0.465 e. The molecular formula is C13H22N4O2. The molecule has 0 bridgehead atoms. The van der Waals surface area contributed by atoms with Crippen molar-refractivity contribution in [3.8, 4) is 0 Å². The topological polar surface area (TPSA) is 59.4 Å². The van der Waals surface area contributed by atoms with Gasteiger partial charge in [-0.2, -0.15) is 0 Å². The van der Waals surface area contributed by atoms with Crippen molar-refractivity contribution >= 4 is 5.97 Å². The van der Waals surface area contributed by atoms with Gasteiger partial charge in [-0.3, -0.25) is 9.69 Å². The van der Waals surface area contributed by atoms with Crippen LogP contribution in [0.3, 0.4) is 0 Å². The highest BCUT2D eigenvalue weighted by Crippen LogP contribution is 2.11. The Balaban J connectivity index is 1.81. The van der Waals surface area contributed by atoms with Crippen LogP contribution in [0.5, 0.6) is 0 Å². The monoisotopic (exact) mass is 266 g/mol. The van der Waals surface area contributed by atoms with Crippen molar-refractivity contribution < 1.29 is 9.53 Å². The molecule has 1 N–H and O–H groups in total. The first-order valence-electron chi connectivity index (χ1n) is 6.81. The van der Waals surface area contributed by atoms with E-state index < -0.39 is 0 Å². The highest BCUT2D eigenvalue weighted by atomic mass is 16.5. The summed E-state index contributed by atoms with van der Waals surface area (Å²) in [6, 6.07) is -0.221. The van der Waals surface area contributed by atoms with Crippen LogP contribution in [0, 0.1) is 0 Å². The van der Waals surface area contributed by atoms with E-state index >= 15 is 0 Å². The summed E-state index contributed by atoms with van der Waals surface area (Å²) in [4.78, 5) is 18.3. The third-order valence-corrected chi connectivity index (χ3v) is 3.48. The van der Waals surface area contributed by atoms with Gasteiger partial charge in [0.15, 0.2) is 0 Å². The highest BCUT2D eigenvalue weighted by Gasteiger charge is 2.21. The molecule has 0 aliphatic carbocycles. The number of carbonyl (C=O) groups is 1. The van der Waals surface area contributed by atoms with Crippen molar-refractivity contribution in [2.75, 3.05) is 26.7 Å². The van der Waals surface area contributed by atoms with Gasteiger partial charge in [-0.25, -0.2) is 4.98 Å². The molecule has 6 nitrogen and oxygen atoms in total. The molecular weight excluding hydrogens is 244 g/mol. The molecule has 1 atom stereocenters. The highest BCUT2D eigenvalue weighted by molar-refractivity contribution is 5.75. The lowest BCUT2D eigenvalue weighted by Crippen LogP contribution is -2.41. The largest absolute Gasteiger partial charge is 0.465 e. The second kappa shape index (κ2) is 6.68. The molecule has 2 heterocycles. The standard InChI is InChI=1S/C13H22N4O2/c1-3-19-13(18)11(14-2)4-6-16-8-9-17-7-5-15-12(17)10-16/h5,7,11,14H,3-4,6,8-10H2,1-2H3. The van der Waals surface area contributed by atoms with Crippen molar-refractivity contribution in [3.05, 3.63) is 18.2 Å². The molecule has 0 amide bonds. The number of hydrogen-bond donors (Lipinski definition) is 1. The average Bonchev–Trinajstić information content (AvgIpc) is 2.87. The smallest absolute Gasteiger partial charge is 0.323 e. The normalized spacial score (nSPS) is 16.9. The first-order valence-corrected chi connectivity index (χ1v) is 6.81. The summed E-state index contributed by atoms with van der Waals surface area (Å²) >= 11 is 0. The van der Waals surface area contributed by atoms with Crippen LogP contribution in [0.2, 0.25) is 0 Å². The molecule has 0 radical (unpaired) electrons. The number of nitrogens with one attached hydrogen (secondary N) is 1. The van der Waals surface area contributed by atoms with Gasteiger partial charge in [-0.1, -0.05) is 0 Å². The van der Waals surface area contributed by atoms with Crippen molar-refractivity contribution in [1.29, 1.82) is 0 Å². The molecule has 1 aliphatic rings. The second-order valence-electron chi connectivity index (χ2n) is 4.69. The van der Waals surface area contributed by atoms with E-state index in [4.69, 9.17) is 4.74 Å². The molecule has 106 valence electrons. The molecule has 0 aromatic carbocycles. The lowest BCUT2D eigenvalue weighted by molar-refractivity contribution is -0.145. The van der Waals surface area contributed by atoms with Crippen LogP contribution in [0.1, 0.15) is 19.2 Å². The van der Waals surface area contributed by atoms with Crippen molar-refractivity contribution in [1.82, 2.24) is 19.8 Å². The first-order chi connectivity index (χ1) is 9.24. The van der Waals surface area contributed by atoms with Crippen LogP contribution in [-0.2, 0) is 22.6 Å². The summed E-state index contributed by atoms with van der Waals surface area (Å²) in [5, 5.41) is 3.02. The number of carbonyl (C=O) groups excluding carboxylic acids is 1. The molecule has 0 saturated carbocycles. The molecule has 6 heteroatoms. The average molecular weight is 266 g/mol. The minimum atomic E-state index is -0.221. The van der Waals surface area contributed by atoms with Gasteiger partial charge >= 0.3 is 5.97 Å². The fourth-order valence-electron chi connectivity index (χ4n) is 2.35. The zero-order chi connectivity index (χ0) is 13.7. The van der Waals surface area contributed by atoms with Crippen LogP contribution in [0.15, 0.2) is 12.4 Å². The van der Waals surface area contributed by atoms with E-state index in [1.54, 1.807) is 7.05 Å². The van der Waals surface area contributed by atoms with Gasteiger partial charge in [-0.15, -0.1) is 0 Å². The Kier molecular flexibility index (Phi) is 4.93. The zero-order valence-electron chi connectivity index (χ0n) is 11.6. The van der Waals surface area contributed by atoms with Gasteiger partial charge < -0.3 is 14.6 Å². The van der Waals surface area contributed by atoms with E-state index in [-0.39, 0.29) is 12.0 Å². The van der Waals surface area contributed by atoms with Gasteiger partial charge in [-0.05, 0) is 20.4 Å². The Hall–Kier alpha value is -1.40. The van der Waals surface area contributed by atoms with Gasteiger partial charge in [0, 0.05) is 32.0 Å². The molecule has 1 aromatic heterocycles. The van der Waals surface area contributed by atoms with Crippen LogP contribution in [0.4, 0.5) is 0 Å². The van der Waals surface area contributed by atoms with Crippen LogP contribution in [-0.4, -0.2) is 53.2 Å². The van der Waals surface area contributed by atoms with Gasteiger partial charge in [0.2, 0.25) is 0 Å². The van der Waals surface area contributed by atoms with Gasteiger partial charge in [0.05, 0.1) is 13.2 Å². The van der Waals surface area contributed by atoms with Crippen molar-refractivity contribution in [3.63, 3.8) is 0 Å². The third kappa shape index (κ3) is 3.54. The molecule has 1 aliphatic heterocycles. The molecule has 0 fully saturated rings.